The highest BCUT2D eigenvalue weighted by Gasteiger charge is 2.44. The third-order valence-corrected chi connectivity index (χ3v) is 6.05. The van der Waals surface area contributed by atoms with Gasteiger partial charge in [-0.2, -0.15) is 0 Å². The van der Waals surface area contributed by atoms with Crippen LogP contribution in [0.5, 0.6) is 5.75 Å². The van der Waals surface area contributed by atoms with Gasteiger partial charge in [-0.05, 0) is 42.8 Å². The van der Waals surface area contributed by atoms with Crippen LogP contribution in [0.15, 0.2) is 70.1 Å². The van der Waals surface area contributed by atoms with Gasteiger partial charge in [0, 0.05) is 26.9 Å². The lowest BCUT2D eigenvalue weighted by Gasteiger charge is -2.29. The highest BCUT2D eigenvalue weighted by molar-refractivity contribution is 9.10. The number of hydrogen-bond acceptors (Lipinski definition) is 4. The lowest BCUT2D eigenvalue weighted by atomic mass is 10.0. The quantitative estimate of drug-likeness (QED) is 0.467. The summed E-state index contributed by atoms with van der Waals surface area (Å²) in [7, 11) is 0. The van der Waals surface area contributed by atoms with E-state index in [0.29, 0.717) is 19.8 Å². The summed E-state index contributed by atoms with van der Waals surface area (Å²) in [6.07, 6.45) is 5.25. The summed E-state index contributed by atoms with van der Waals surface area (Å²) in [4.78, 5) is 4.14. The fraction of sp³-hybridized carbons (Fsp3) is 0.286. The molecule has 0 N–H and O–H groups in total. The topological polar surface area (TPSA) is 45.5 Å². The molecule has 1 aliphatic heterocycles. The van der Waals surface area contributed by atoms with Crippen molar-refractivity contribution in [1.29, 1.82) is 0 Å². The van der Waals surface area contributed by atoms with Crippen molar-refractivity contribution in [3.8, 4) is 5.75 Å². The van der Waals surface area contributed by atoms with Gasteiger partial charge in [0.25, 0.3) is 0 Å². The molecular formula is C21H20Br2N2O3. The Labute approximate surface area is 180 Å². The predicted molar refractivity (Wildman–Crippen MR) is 113 cm³/mol. The lowest BCUT2D eigenvalue weighted by molar-refractivity contribution is -0.189. The van der Waals surface area contributed by atoms with Gasteiger partial charge in [-0.3, -0.25) is 0 Å². The van der Waals surface area contributed by atoms with Gasteiger partial charge in [0.15, 0.2) is 0 Å². The molecular weight excluding hydrogens is 488 g/mol. The Morgan fingerprint density at radius 3 is 2.75 bits per heavy atom. The van der Waals surface area contributed by atoms with Gasteiger partial charge in [-0.1, -0.05) is 44.0 Å². The molecule has 0 amide bonds. The Balaban J connectivity index is 1.53. The van der Waals surface area contributed by atoms with E-state index in [2.05, 4.69) is 62.0 Å². The van der Waals surface area contributed by atoms with Crippen LogP contribution >= 0.6 is 31.9 Å². The van der Waals surface area contributed by atoms with E-state index in [9.17, 15) is 0 Å². The minimum Gasteiger partial charge on any atom is -0.491 e. The molecule has 28 heavy (non-hydrogen) atoms. The van der Waals surface area contributed by atoms with E-state index in [1.54, 1.807) is 12.5 Å². The average Bonchev–Trinajstić information content (AvgIpc) is 3.34. The molecule has 1 saturated heterocycles. The zero-order valence-corrected chi connectivity index (χ0v) is 18.5. The minimum absolute atomic E-state index is 0.174. The van der Waals surface area contributed by atoms with Gasteiger partial charge in [0.05, 0.1) is 19.5 Å². The van der Waals surface area contributed by atoms with Crippen molar-refractivity contribution in [2.45, 2.75) is 25.4 Å². The predicted octanol–water partition coefficient (Wildman–Crippen LogP) is 5.06. The Morgan fingerprint density at radius 2 is 2.04 bits per heavy atom. The fourth-order valence-electron chi connectivity index (χ4n) is 3.14. The third kappa shape index (κ3) is 4.33. The van der Waals surface area contributed by atoms with Crippen LogP contribution < -0.4 is 4.74 Å². The van der Waals surface area contributed by atoms with E-state index in [1.807, 2.05) is 35.0 Å². The van der Waals surface area contributed by atoms with Gasteiger partial charge < -0.3 is 18.8 Å². The molecule has 1 aliphatic rings. The summed E-state index contributed by atoms with van der Waals surface area (Å²) in [5.41, 5.74) is 2.12. The number of imidazole rings is 1. The summed E-state index contributed by atoms with van der Waals surface area (Å²) in [5, 5.41) is 0. The number of rotatable bonds is 6. The van der Waals surface area contributed by atoms with Gasteiger partial charge >= 0.3 is 0 Å². The number of aryl methyl sites for hydroxylation is 1. The summed E-state index contributed by atoms with van der Waals surface area (Å²) in [6.45, 7) is 3.44. The number of benzene rings is 2. The highest BCUT2D eigenvalue weighted by atomic mass is 79.9. The van der Waals surface area contributed by atoms with Crippen LogP contribution in [0.25, 0.3) is 0 Å². The molecule has 1 fully saturated rings. The second-order valence-electron chi connectivity index (χ2n) is 6.77. The van der Waals surface area contributed by atoms with Gasteiger partial charge in [0.2, 0.25) is 5.79 Å². The first kappa shape index (κ1) is 19.6. The van der Waals surface area contributed by atoms with E-state index >= 15 is 0 Å². The van der Waals surface area contributed by atoms with Gasteiger partial charge in [0.1, 0.15) is 18.5 Å². The lowest BCUT2D eigenvalue weighted by Crippen LogP contribution is -2.34. The molecule has 0 radical (unpaired) electrons. The summed E-state index contributed by atoms with van der Waals surface area (Å²) >= 11 is 7.05. The van der Waals surface area contributed by atoms with Crippen LogP contribution in [-0.2, 0) is 21.8 Å². The molecule has 1 aromatic heterocycles. The van der Waals surface area contributed by atoms with Crippen molar-refractivity contribution in [2.24, 2.45) is 0 Å². The second-order valence-corrected chi connectivity index (χ2v) is 8.54. The fourth-order valence-corrected chi connectivity index (χ4v) is 3.79. The molecule has 146 valence electrons. The van der Waals surface area contributed by atoms with Crippen LogP contribution in [0.4, 0.5) is 0 Å². The molecule has 7 heteroatoms. The number of nitrogens with zero attached hydrogens (tertiary/aromatic N) is 2. The first-order valence-corrected chi connectivity index (χ1v) is 10.6. The van der Waals surface area contributed by atoms with E-state index < -0.39 is 5.79 Å². The molecule has 0 spiro atoms. The van der Waals surface area contributed by atoms with Crippen LogP contribution in [0.2, 0.25) is 0 Å². The second kappa shape index (κ2) is 8.37. The van der Waals surface area contributed by atoms with Crippen LogP contribution in [0, 0.1) is 6.92 Å². The Bertz CT molecular complexity index is 931. The number of hydrogen-bond donors (Lipinski definition) is 0. The van der Waals surface area contributed by atoms with Crippen molar-refractivity contribution in [3.63, 3.8) is 0 Å². The van der Waals surface area contributed by atoms with Crippen LogP contribution in [0.3, 0.4) is 0 Å². The molecule has 2 atom stereocenters. The van der Waals surface area contributed by atoms with E-state index in [1.165, 1.54) is 0 Å². The summed E-state index contributed by atoms with van der Waals surface area (Å²) in [5.74, 6) is -0.0815. The SMILES string of the molecule is Cc1ccc(C2(Cn3ccnc3)OCC(COc3ccc(Br)cc3)O2)cc1Br. The van der Waals surface area contributed by atoms with Gasteiger partial charge in [-0.25, -0.2) is 4.98 Å². The number of ether oxygens (including phenoxy) is 3. The summed E-state index contributed by atoms with van der Waals surface area (Å²) < 4.78 is 22.6. The van der Waals surface area contributed by atoms with Crippen molar-refractivity contribution in [3.05, 3.63) is 81.3 Å². The molecule has 3 aromatic rings. The molecule has 2 unspecified atom stereocenters. The molecule has 5 nitrogen and oxygen atoms in total. The molecule has 2 heterocycles. The van der Waals surface area contributed by atoms with Crippen molar-refractivity contribution in [1.82, 2.24) is 9.55 Å². The zero-order valence-electron chi connectivity index (χ0n) is 15.3. The smallest absolute Gasteiger partial charge is 0.214 e. The van der Waals surface area contributed by atoms with Crippen LogP contribution in [0.1, 0.15) is 11.1 Å². The van der Waals surface area contributed by atoms with Crippen molar-refractivity contribution < 1.29 is 14.2 Å². The maximum atomic E-state index is 6.42. The average molecular weight is 508 g/mol. The Hall–Kier alpha value is -1.67. The van der Waals surface area contributed by atoms with Crippen LogP contribution in [-0.4, -0.2) is 28.9 Å². The van der Waals surface area contributed by atoms with Crippen molar-refractivity contribution in [2.75, 3.05) is 13.2 Å². The highest BCUT2D eigenvalue weighted by Crippen LogP contribution is 2.38. The van der Waals surface area contributed by atoms with Crippen molar-refractivity contribution >= 4 is 31.9 Å². The molecule has 0 saturated carbocycles. The maximum Gasteiger partial charge on any atom is 0.214 e. The minimum atomic E-state index is -0.884. The first-order chi connectivity index (χ1) is 13.5. The maximum absolute atomic E-state index is 6.42. The molecule has 2 aromatic carbocycles. The zero-order chi connectivity index (χ0) is 19.6. The molecule has 4 rings (SSSR count). The van der Waals surface area contributed by atoms with E-state index in [0.717, 1.165) is 25.8 Å². The Morgan fingerprint density at radius 1 is 1.21 bits per heavy atom. The molecule has 0 aliphatic carbocycles. The monoisotopic (exact) mass is 506 g/mol. The largest absolute Gasteiger partial charge is 0.491 e. The normalized spacial score (nSPS) is 21.8. The van der Waals surface area contributed by atoms with E-state index in [4.69, 9.17) is 14.2 Å². The standard InChI is InChI=1S/C21H20Br2N2O3/c1-15-2-3-16(10-20(15)23)21(13-25-9-8-24-14-25)27-12-19(28-21)11-26-18-6-4-17(22)5-7-18/h2-10,14,19H,11-13H2,1H3. The van der Waals surface area contributed by atoms with Gasteiger partial charge in [-0.15, -0.1) is 0 Å². The Kier molecular flexibility index (Phi) is 5.87. The van der Waals surface area contributed by atoms with E-state index in [-0.39, 0.29) is 6.10 Å². The number of halogens is 2. The summed E-state index contributed by atoms with van der Waals surface area (Å²) in [6, 6.07) is 13.9. The first-order valence-electron chi connectivity index (χ1n) is 8.97. The number of aromatic nitrogens is 2. The third-order valence-electron chi connectivity index (χ3n) is 4.67. The molecule has 0 bridgehead atoms.